The summed E-state index contributed by atoms with van der Waals surface area (Å²) >= 11 is 0. The monoisotopic (exact) mass is 445 g/mol. The van der Waals surface area contributed by atoms with Crippen LogP contribution in [0, 0.1) is 0 Å². The summed E-state index contributed by atoms with van der Waals surface area (Å²) < 4.78 is 0. The van der Waals surface area contributed by atoms with Gasteiger partial charge in [-0.3, -0.25) is 0 Å². The first-order chi connectivity index (χ1) is 10.8. The first kappa shape index (κ1) is 29.0. The van der Waals surface area contributed by atoms with Crippen LogP contribution in [0.25, 0.3) is 0 Å². The SMILES string of the molecule is CC1=C(C)C(c2cc(C(C)(C)C)cc(C(C)(C)C)c2[O-])C(C)=C1C.[Cl-].[Cl-].[HH].[Ti+3]. The van der Waals surface area contributed by atoms with Crippen LogP contribution in [0.5, 0.6) is 5.75 Å². The van der Waals surface area contributed by atoms with Crippen molar-refractivity contribution >= 4 is 0 Å². The Labute approximate surface area is 195 Å². The summed E-state index contributed by atoms with van der Waals surface area (Å²) in [7, 11) is 0. The molecule has 4 heteroatoms. The Kier molecular flexibility index (Phi) is 10.2. The van der Waals surface area contributed by atoms with Crippen LogP contribution in [-0.2, 0) is 32.5 Å². The molecule has 0 bridgehead atoms. The van der Waals surface area contributed by atoms with Crippen molar-refractivity contribution in [1.82, 2.24) is 0 Å². The van der Waals surface area contributed by atoms with Crippen molar-refractivity contribution in [2.24, 2.45) is 0 Å². The molecule has 0 aliphatic heterocycles. The minimum absolute atomic E-state index is 0. The first-order valence-electron chi connectivity index (χ1n) is 8.97. The van der Waals surface area contributed by atoms with E-state index in [0.29, 0.717) is 0 Å². The maximum absolute atomic E-state index is 13.3. The van der Waals surface area contributed by atoms with E-state index in [-0.39, 0.29) is 70.5 Å². The molecule has 1 nitrogen and oxygen atoms in total. The Hall–Kier alpha value is -0.206. The van der Waals surface area contributed by atoms with Gasteiger partial charge in [-0.25, -0.2) is 0 Å². The van der Waals surface area contributed by atoms with E-state index in [1.165, 1.54) is 27.9 Å². The number of hydrogen-bond acceptors (Lipinski definition) is 1. The Morgan fingerprint density at radius 3 is 1.52 bits per heavy atom. The third-order valence-electron chi connectivity index (χ3n) is 5.71. The second kappa shape index (κ2) is 9.53. The fourth-order valence-electron chi connectivity index (χ4n) is 3.67. The molecule has 0 atom stereocenters. The van der Waals surface area contributed by atoms with Gasteiger partial charge >= 0.3 is 21.7 Å². The Balaban J connectivity index is -0.00000156. The predicted molar refractivity (Wildman–Crippen MR) is 105 cm³/mol. The van der Waals surface area contributed by atoms with Gasteiger partial charge in [0.15, 0.2) is 0 Å². The van der Waals surface area contributed by atoms with Crippen LogP contribution >= 0.6 is 0 Å². The molecule has 0 amide bonds. The summed E-state index contributed by atoms with van der Waals surface area (Å²) in [6, 6.07) is 4.31. The fraction of sp³-hybridized carbons (Fsp3) is 0.565. The smallest absolute Gasteiger partial charge is 1.00 e. The topological polar surface area (TPSA) is 23.1 Å². The van der Waals surface area contributed by atoms with Crippen LogP contribution in [0.15, 0.2) is 34.4 Å². The van der Waals surface area contributed by atoms with Gasteiger partial charge in [-0.2, -0.15) is 0 Å². The van der Waals surface area contributed by atoms with E-state index in [9.17, 15) is 5.11 Å². The van der Waals surface area contributed by atoms with E-state index >= 15 is 0 Å². The maximum atomic E-state index is 13.3. The molecule has 1 aliphatic carbocycles. The molecular weight excluding hydrogens is 411 g/mol. The van der Waals surface area contributed by atoms with E-state index in [1.807, 2.05) is 0 Å². The minimum Gasteiger partial charge on any atom is -1.00 e. The molecule has 0 saturated carbocycles. The molecule has 2 rings (SSSR count). The van der Waals surface area contributed by atoms with Crippen LogP contribution in [-0.4, -0.2) is 0 Å². The van der Waals surface area contributed by atoms with Gasteiger partial charge in [-0.05, 0) is 66.4 Å². The summed E-state index contributed by atoms with van der Waals surface area (Å²) in [4.78, 5) is 0. The van der Waals surface area contributed by atoms with E-state index < -0.39 is 0 Å². The van der Waals surface area contributed by atoms with Gasteiger partial charge in [0.2, 0.25) is 0 Å². The second-order valence-electron chi connectivity index (χ2n) is 9.49. The molecule has 1 radical (unpaired) electrons. The molecule has 0 N–H and O–H groups in total. The fourth-order valence-corrected chi connectivity index (χ4v) is 3.67. The maximum Gasteiger partial charge on any atom is 3.00 e. The molecule has 0 fully saturated rings. The average Bonchev–Trinajstić information content (AvgIpc) is 2.61. The van der Waals surface area contributed by atoms with Crippen LogP contribution < -0.4 is 29.9 Å². The molecule has 1 aromatic carbocycles. The molecule has 1 aromatic rings. The third kappa shape index (κ3) is 5.44. The molecule has 0 unspecified atom stereocenters. The van der Waals surface area contributed by atoms with Crippen molar-refractivity contribution in [3.8, 4) is 5.75 Å². The van der Waals surface area contributed by atoms with Gasteiger partial charge in [0.05, 0.1) is 0 Å². The van der Waals surface area contributed by atoms with E-state index in [0.717, 1.165) is 11.1 Å². The largest absolute Gasteiger partial charge is 3.00 e. The predicted octanol–water partition coefficient (Wildman–Crippen LogP) is 0.377. The van der Waals surface area contributed by atoms with Gasteiger partial charge in [-0.15, -0.1) is 5.75 Å². The van der Waals surface area contributed by atoms with Gasteiger partial charge in [0, 0.05) is 7.34 Å². The number of allylic oxidation sites excluding steroid dienone is 4. The van der Waals surface area contributed by atoms with Gasteiger partial charge in [0.1, 0.15) is 0 Å². The molecular formula is C23H35Cl2OTi. The van der Waals surface area contributed by atoms with Crippen LogP contribution in [0.3, 0.4) is 0 Å². The van der Waals surface area contributed by atoms with Gasteiger partial charge < -0.3 is 29.9 Å². The normalized spacial score (nSPS) is 15.3. The van der Waals surface area contributed by atoms with E-state index in [2.05, 4.69) is 81.4 Å². The third-order valence-corrected chi connectivity index (χ3v) is 5.71. The molecule has 1 aliphatic rings. The van der Waals surface area contributed by atoms with Crippen molar-refractivity contribution in [3.63, 3.8) is 0 Å². The Bertz CT molecular complexity index is 729. The molecule has 0 spiro atoms. The van der Waals surface area contributed by atoms with Crippen molar-refractivity contribution < 1.29 is 53.1 Å². The zero-order chi connectivity index (χ0) is 18.6. The molecule has 0 heterocycles. The van der Waals surface area contributed by atoms with Crippen LogP contribution in [0.4, 0.5) is 0 Å². The molecule has 0 aromatic heterocycles. The molecule has 151 valence electrons. The standard InChI is InChI=1S/C23H34O.2ClH.Ti.H2/c1-13-14(2)16(4)20(15(13)3)18-11-17(22(5,6)7)12-19(21(18)24)23(8,9)10;;;;/h11-12,20,24H,1-10H3;2*1H;;1H/q;;;+3;/p-3. The summed E-state index contributed by atoms with van der Waals surface area (Å²) in [5, 5.41) is 13.3. The second-order valence-corrected chi connectivity index (χ2v) is 9.49. The molecule has 0 saturated heterocycles. The van der Waals surface area contributed by atoms with Crippen molar-refractivity contribution in [2.45, 2.75) is 86.0 Å². The quantitative estimate of drug-likeness (QED) is 0.573. The first-order valence-corrected chi connectivity index (χ1v) is 8.97. The van der Waals surface area contributed by atoms with Crippen LogP contribution in [0.2, 0.25) is 0 Å². The molecule has 27 heavy (non-hydrogen) atoms. The zero-order valence-electron chi connectivity index (χ0n) is 18.4. The van der Waals surface area contributed by atoms with E-state index in [1.54, 1.807) is 0 Å². The average molecular weight is 446 g/mol. The summed E-state index contributed by atoms with van der Waals surface area (Å²) in [5.74, 6) is 0.364. The number of hydrogen-bond donors (Lipinski definition) is 0. The number of rotatable bonds is 1. The minimum atomic E-state index is -0.148. The Morgan fingerprint density at radius 1 is 0.778 bits per heavy atom. The summed E-state index contributed by atoms with van der Waals surface area (Å²) in [6.07, 6.45) is 0. The zero-order valence-corrected chi connectivity index (χ0v) is 21.5. The van der Waals surface area contributed by atoms with Crippen LogP contribution in [0.1, 0.15) is 93.3 Å². The Morgan fingerprint density at radius 2 is 1.19 bits per heavy atom. The van der Waals surface area contributed by atoms with Gasteiger partial charge in [0.25, 0.3) is 0 Å². The van der Waals surface area contributed by atoms with E-state index in [4.69, 9.17) is 0 Å². The van der Waals surface area contributed by atoms with Crippen molar-refractivity contribution in [3.05, 3.63) is 51.1 Å². The summed E-state index contributed by atoms with van der Waals surface area (Å²) in [6.45, 7) is 21.8. The summed E-state index contributed by atoms with van der Waals surface area (Å²) in [5.41, 5.74) is 8.37. The van der Waals surface area contributed by atoms with Gasteiger partial charge in [-0.1, -0.05) is 64.8 Å². The van der Waals surface area contributed by atoms with Crippen molar-refractivity contribution in [2.75, 3.05) is 0 Å². The van der Waals surface area contributed by atoms with Crippen molar-refractivity contribution in [1.29, 1.82) is 0 Å². The number of halogens is 2. The number of benzene rings is 1.